The van der Waals surface area contributed by atoms with Gasteiger partial charge in [0.05, 0.1) is 0 Å². The highest BCUT2D eigenvalue weighted by Gasteiger charge is 2.28. The fourth-order valence-electron chi connectivity index (χ4n) is 2.84. The van der Waals surface area contributed by atoms with E-state index in [4.69, 9.17) is 4.74 Å². The van der Waals surface area contributed by atoms with Crippen molar-refractivity contribution in [2.75, 3.05) is 19.7 Å². The first-order chi connectivity index (χ1) is 11.8. The molecule has 1 aliphatic heterocycles. The summed E-state index contributed by atoms with van der Waals surface area (Å²) in [4.78, 5) is 26.3. The van der Waals surface area contributed by atoms with Crippen molar-refractivity contribution in [3.05, 3.63) is 29.8 Å². The van der Waals surface area contributed by atoms with Gasteiger partial charge >= 0.3 is 0 Å². The molecule has 0 aliphatic carbocycles. The highest BCUT2D eigenvalue weighted by atomic mass is 16.5. The Labute approximate surface area is 150 Å². The lowest BCUT2D eigenvalue weighted by atomic mass is 9.94. The van der Waals surface area contributed by atoms with Gasteiger partial charge in [0, 0.05) is 24.5 Å². The molecular formula is C20H30N2O3. The van der Waals surface area contributed by atoms with Gasteiger partial charge in [0.1, 0.15) is 5.75 Å². The lowest BCUT2D eigenvalue weighted by molar-refractivity contribution is -0.134. The molecule has 1 fully saturated rings. The highest BCUT2D eigenvalue weighted by Crippen LogP contribution is 2.19. The molecule has 25 heavy (non-hydrogen) atoms. The molecule has 2 rings (SSSR count). The predicted octanol–water partition coefficient (Wildman–Crippen LogP) is 2.78. The predicted molar refractivity (Wildman–Crippen MR) is 98.5 cm³/mol. The van der Waals surface area contributed by atoms with Crippen LogP contribution >= 0.6 is 0 Å². The smallest absolute Gasteiger partial charge is 0.260 e. The summed E-state index contributed by atoms with van der Waals surface area (Å²) in [5, 5.41) is 3.08. The van der Waals surface area contributed by atoms with E-state index in [1.54, 1.807) is 0 Å². The molecular weight excluding hydrogens is 316 g/mol. The number of piperidine rings is 1. The Bertz CT molecular complexity index is 599. The third kappa shape index (κ3) is 5.48. The van der Waals surface area contributed by atoms with Crippen molar-refractivity contribution in [3.63, 3.8) is 0 Å². The molecule has 1 saturated heterocycles. The molecule has 1 aliphatic rings. The fourth-order valence-corrected chi connectivity index (χ4v) is 2.84. The summed E-state index contributed by atoms with van der Waals surface area (Å²) in [6.07, 6.45) is 2.46. The quantitative estimate of drug-likeness (QED) is 0.892. The molecule has 138 valence electrons. The van der Waals surface area contributed by atoms with E-state index in [0.717, 1.165) is 30.6 Å². The number of rotatable bonds is 5. The number of carbonyl (C=O) groups excluding carboxylic acids is 2. The van der Waals surface area contributed by atoms with Crippen LogP contribution in [0, 0.1) is 5.41 Å². The first-order valence-electron chi connectivity index (χ1n) is 9.10. The number of hydrogen-bond donors (Lipinski definition) is 1. The van der Waals surface area contributed by atoms with Crippen molar-refractivity contribution in [1.82, 2.24) is 10.2 Å². The van der Waals surface area contributed by atoms with E-state index in [1.807, 2.05) is 49.9 Å². The van der Waals surface area contributed by atoms with Crippen LogP contribution < -0.4 is 10.1 Å². The van der Waals surface area contributed by atoms with E-state index in [-0.39, 0.29) is 29.9 Å². The van der Waals surface area contributed by atoms with E-state index >= 15 is 0 Å². The van der Waals surface area contributed by atoms with Crippen LogP contribution in [0.4, 0.5) is 0 Å². The number of amides is 2. The average Bonchev–Trinajstić information content (AvgIpc) is 2.59. The standard InChI is InChI=1S/C20H30N2O3/c1-5-15-8-6-7-9-17(15)25-14-18(23)22-12-10-16(11-13-22)21-19(24)20(2,3)4/h6-9,16H,5,10-14H2,1-4H3,(H,21,24). The number of aryl methyl sites for hydroxylation is 1. The second-order valence-electron chi connectivity index (χ2n) is 7.63. The monoisotopic (exact) mass is 346 g/mol. The number of para-hydroxylation sites is 1. The van der Waals surface area contributed by atoms with E-state index in [1.165, 1.54) is 0 Å². The minimum absolute atomic E-state index is 0.00602. The van der Waals surface area contributed by atoms with Crippen molar-refractivity contribution in [1.29, 1.82) is 0 Å². The zero-order chi connectivity index (χ0) is 18.4. The second kappa shape index (κ2) is 8.37. The molecule has 0 atom stereocenters. The van der Waals surface area contributed by atoms with Crippen LogP contribution in [0.15, 0.2) is 24.3 Å². The Morgan fingerprint density at radius 3 is 2.44 bits per heavy atom. The summed E-state index contributed by atoms with van der Waals surface area (Å²) in [6, 6.07) is 7.97. The molecule has 1 heterocycles. The Kier molecular flexibility index (Phi) is 6.45. The normalized spacial score (nSPS) is 15.8. The van der Waals surface area contributed by atoms with Gasteiger partial charge in [0.2, 0.25) is 5.91 Å². The number of carbonyl (C=O) groups is 2. The number of nitrogens with one attached hydrogen (secondary N) is 1. The van der Waals surface area contributed by atoms with Crippen molar-refractivity contribution in [3.8, 4) is 5.75 Å². The Balaban J connectivity index is 1.78. The molecule has 5 heteroatoms. The topological polar surface area (TPSA) is 58.6 Å². The average molecular weight is 346 g/mol. The minimum atomic E-state index is -0.381. The van der Waals surface area contributed by atoms with Crippen LogP contribution in [-0.4, -0.2) is 42.5 Å². The van der Waals surface area contributed by atoms with Crippen LogP contribution in [0.3, 0.4) is 0 Å². The summed E-state index contributed by atoms with van der Waals surface area (Å²) >= 11 is 0. The summed E-state index contributed by atoms with van der Waals surface area (Å²) < 4.78 is 5.72. The van der Waals surface area contributed by atoms with Crippen LogP contribution in [0.25, 0.3) is 0 Å². The van der Waals surface area contributed by atoms with Crippen molar-refractivity contribution < 1.29 is 14.3 Å². The molecule has 0 aromatic heterocycles. The summed E-state index contributed by atoms with van der Waals surface area (Å²) in [5.74, 6) is 0.856. The lowest BCUT2D eigenvalue weighted by Crippen LogP contribution is -2.49. The summed E-state index contributed by atoms with van der Waals surface area (Å²) in [6.45, 7) is 9.18. The number of likely N-dealkylation sites (tertiary alicyclic amines) is 1. The van der Waals surface area contributed by atoms with Crippen molar-refractivity contribution in [2.24, 2.45) is 5.41 Å². The molecule has 0 radical (unpaired) electrons. The number of benzene rings is 1. The zero-order valence-electron chi connectivity index (χ0n) is 15.8. The lowest BCUT2D eigenvalue weighted by Gasteiger charge is -2.33. The molecule has 0 spiro atoms. The van der Waals surface area contributed by atoms with Crippen LogP contribution in [0.1, 0.15) is 46.1 Å². The fraction of sp³-hybridized carbons (Fsp3) is 0.600. The van der Waals surface area contributed by atoms with Gasteiger partial charge in [-0.3, -0.25) is 9.59 Å². The molecule has 0 bridgehead atoms. The molecule has 5 nitrogen and oxygen atoms in total. The van der Waals surface area contributed by atoms with Gasteiger partial charge in [-0.25, -0.2) is 0 Å². The Morgan fingerprint density at radius 2 is 1.84 bits per heavy atom. The molecule has 1 N–H and O–H groups in total. The van der Waals surface area contributed by atoms with Crippen molar-refractivity contribution in [2.45, 2.75) is 53.0 Å². The molecule has 0 saturated carbocycles. The van der Waals surface area contributed by atoms with Crippen LogP contribution in [0.5, 0.6) is 5.75 Å². The molecule has 1 aromatic rings. The third-order valence-electron chi connectivity index (χ3n) is 4.57. The van der Waals surface area contributed by atoms with Gasteiger partial charge in [-0.15, -0.1) is 0 Å². The number of nitrogens with zero attached hydrogens (tertiary/aromatic N) is 1. The Hall–Kier alpha value is -2.04. The van der Waals surface area contributed by atoms with Gasteiger partial charge in [-0.05, 0) is 30.9 Å². The van der Waals surface area contributed by atoms with E-state index in [0.29, 0.717) is 13.1 Å². The SMILES string of the molecule is CCc1ccccc1OCC(=O)N1CCC(NC(=O)C(C)(C)C)CC1. The minimum Gasteiger partial charge on any atom is -0.483 e. The van der Waals surface area contributed by atoms with Crippen LogP contribution in [0.2, 0.25) is 0 Å². The largest absolute Gasteiger partial charge is 0.483 e. The summed E-state index contributed by atoms with van der Waals surface area (Å²) in [7, 11) is 0. The van der Waals surface area contributed by atoms with Gasteiger partial charge in [-0.1, -0.05) is 45.9 Å². The maximum atomic E-state index is 12.4. The Morgan fingerprint density at radius 1 is 1.20 bits per heavy atom. The second-order valence-corrected chi connectivity index (χ2v) is 7.63. The zero-order valence-corrected chi connectivity index (χ0v) is 15.8. The maximum absolute atomic E-state index is 12.4. The maximum Gasteiger partial charge on any atom is 0.260 e. The number of ether oxygens (including phenoxy) is 1. The van der Waals surface area contributed by atoms with E-state index in [2.05, 4.69) is 12.2 Å². The first-order valence-corrected chi connectivity index (χ1v) is 9.10. The van der Waals surface area contributed by atoms with Gasteiger partial charge in [0.25, 0.3) is 5.91 Å². The van der Waals surface area contributed by atoms with Gasteiger partial charge in [0.15, 0.2) is 6.61 Å². The van der Waals surface area contributed by atoms with E-state index in [9.17, 15) is 9.59 Å². The van der Waals surface area contributed by atoms with Gasteiger partial charge in [-0.2, -0.15) is 0 Å². The highest BCUT2D eigenvalue weighted by molar-refractivity contribution is 5.81. The van der Waals surface area contributed by atoms with Crippen LogP contribution in [-0.2, 0) is 16.0 Å². The van der Waals surface area contributed by atoms with E-state index < -0.39 is 0 Å². The van der Waals surface area contributed by atoms with Crippen molar-refractivity contribution >= 4 is 11.8 Å². The number of hydrogen-bond acceptors (Lipinski definition) is 3. The van der Waals surface area contributed by atoms with Gasteiger partial charge < -0.3 is 15.0 Å². The summed E-state index contributed by atoms with van der Waals surface area (Å²) in [5.41, 5.74) is 0.729. The molecule has 0 unspecified atom stereocenters. The third-order valence-corrected chi connectivity index (χ3v) is 4.57. The first kappa shape index (κ1) is 19.3. The molecule has 2 amide bonds. The molecule has 1 aromatic carbocycles.